The molecule has 1 aromatic carbocycles. The van der Waals surface area contributed by atoms with Crippen molar-refractivity contribution in [1.29, 1.82) is 0 Å². The maximum absolute atomic E-state index is 11.8. The van der Waals surface area contributed by atoms with E-state index < -0.39 is 0 Å². The smallest absolute Gasteiger partial charge is 0.253 e. The molecule has 100 valence electrons. The van der Waals surface area contributed by atoms with E-state index >= 15 is 0 Å². The van der Waals surface area contributed by atoms with Gasteiger partial charge in [-0.05, 0) is 18.2 Å². The monoisotopic (exact) mass is 273 g/mol. The van der Waals surface area contributed by atoms with Crippen LogP contribution in [0.4, 0.5) is 0 Å². The number of methoxy groups -OCH3 is 2. The number of halogens is 1. The first-order valence-corrected chi connectivity index (χ1v) is 5.74. The predicted octanol–water partition coefficient (Wildman–Crippen LogP) is 1.44. The van der Waals surface area contributed by atoms with Crippen molar-refractivity contribution in [2.24, 2.45) is 0 Å². The lowest BCUT2D eigenvalue weighted by Crippen LogP contribution is -2.35. The van der Waals surface area contributed by atoms with Crippen LogP contribution in [0.15, 0.2) is 18.2 Å². The average Bonchev–Trinajstić information content (AvgIpc) is 2.37. The Morgan fingerprint density at radius 1 is 1.50 bits per heavy atom. The van der Waals surface area contributed by atoms with Gasteiger partial charge in [0.05, 0.1) is 23.3 Å². The van der Waals surface area contributed by atoms with Crippen molar-refractivity contribution < 1.29 is 19.4 Å². The summed E-state index contributed by atoms with van der Waals surface area (Å²) < 4.78 is 10.0. The Bertz CT molecular complexity index is 411. The summed E-state index contributed by atoms with van der Waals surface area (Å²) in [7, 11) is 3.09. The van der Waals surface area contributed by atoms with Gasteiger partial charge in [0.25, 0.3) is 5.91 Å². The molecule has 0 aliphatic heterocycles. The maximum Gasteiger partial charge on any atom is 0.253 e. The Hall–Kier alpha value is -1.30. The molecule has 6 heteroatoms. The molecule has 5 nitrogen and oxygen atoms in total. The summed E-state index contributed by atoms with van der Waals surface area (Å²) in [4.78, 5) is 11.8. The number of ether oxygens (including phenoxy) is 2. The number of rotatable bonds is 6. The van der Waals surface area contributed by atoms with Crippen LogP contribution in [0, 0.1) is 0 Å². The van der Waals surface area contributed by atoms with Gasteiger partial charge in [-0.3, -0.25) is 4.79 Å². The van der Waals surface area contributed by atoms with Crippen molar-refractivity contribution in [2.45, 2.75) is 6.10 Å². The molecule has 0 aliphatic rings. The van der Waals surface area contributed by atoms with E-state index in [1.165, 1.54) is 25.3 Å². The van der Waals surface area contributed by atoms with Crippen LogP contribution in [0.1, 0.15) is 10.4 Å². The quantitative estimate of drug-likeness (QED) is 0.823. The summed E-state index contributed by atoms with van der Waals surface area (Å²) in [6.07, 6.45) is -0.227. The second-order valence-corrected chi connectivity index (χ2v) is 4.09. The summed E-state index contributed by atoms with van der Waals surface area (Å²) in [5, 5.41) is 12.3. The zero-order chi connectivity index (χ0) is 13.5. The van der Waals surface area contributed by atoms with Gasteiger partial charge in [-0.2, -0.15) is 0 Å². The molecular formula is C12H16ClNO4. The van der Waals surface area contributed by atoms with Crippen LogP contribution in [0.2, 0.25) is 5.02 Å². The van der Waals surface area contributed by atoms with Crippen LogP contribution in [0.3, 0.4) is 0 Å². The summed E-state index contributed by atoms with van der Waals surface area (Å²) in [6, 6.07) is 4.20. The zero-order valence-electron chi connectivity index (χ0n) is 10.3. The molecule has 0 aliphatic carbocycles. The molecule has 0 heterocycles. The molecule has 0 aromatic heterocycles. The van der Waals surface area contributed by atoms with E-state index in [2.05, 4.69) is 5.32 Å². The summed E-state index contributed by atoms with van der Waals surface area (Å²) in [5.74, 6) is -0.376. The second-order valence-electron chi connectivity index (χ2n) is 3.69. The standard InChI is InChI=1S/C12H16ClNO4/c1-17-7-9(18-2)6-14-12(16)10-5-8(15)3-4-11(10)13/h3-5,9,15H,6-7H2,1-2H3,(H,14,16). The van der Waals surface area contributed by atoms with Gasteiger partial charge in [0.15, 0.2) is 0 Å². The average molecular weight is 274 g/mol. The van der Waals surface area contributed by atoms with Crippen LogP contribution in [-0.2, 0) is 9.47 Å². The van der Waals surface area contributed by atoms with Crippen LogP contribution in [0.5, 0.6) is 5.75 Å². The minimum Gasteiger partial charge on any atom is -0.508 e. The first-order valence-electron chi connectivity index (χ1n) is 5.37. The first-order chi connectivity index (χ1) is 8.58. The van der Waals surface area contributed by atoms with E-state index in [9.17, 15) is 9.90 Å². The van der Waals surface area contributed by atoms with Crippen LogP contribution in [-0.4, -0.2) is 44.5 Å². The number of hydrogen-bond acceptors (Lipinski definition) is 4. The minimum absolute atomic E-state index is 0.00951. The maximum atomic E-state index is 11.8. The molecule has 0 radical (unpaired) electrons. The van der Waals surface area contributed by atoms with Gasteiger partial charge in [0.2, 0.25) is 0 Å². The van der Waals surface area contributed by atoms with Crippen molar-refractivity contribution in [2.75, 3.05) is 27.4 Å². The van der Waals surface area contributed by atoms with Crippen molar-refractivity contribution in [3.8, 4) is 5.75 Å². The number of amides is 1. The normalized spacial score (nSPS) is 12.2. The second kappa shape index (κ2) is 7.20. The van der Waals surface area contributed by atoms with Gasteiger partial charge in [-0.1, -0.05) is 11.6 Å². The first kappa shape index (κ1) is 14.8. The van der Waals surface area contributed by atoms with Crippen LogP contribution in [0.25, 0.3) is 0 Å². The lowest BCUT2D eigenvalue weighted by molar-refractivity contribution is 0.0285. The number of nitrogens with one attached hydrogen (secondary N) is 1. The molecule has 0 saturated heterocycles. The number of hydrogen-bond donors (Lipinski definition) is 2. The third-order valence-corrected chi connectivity index (χ3v) is 2.70. The molecule has 0 bridgehead atoms. The fourth-order valence-electron chi connectivity index (χ4n) is 1.39. The van der Waals surface area contributed by atoms with Crippen LogP contribution < -0.4 is 5.32 Å². The van der Waals surface area contributed by atoms with E-state index in [1.807, 2.05) is 0 Å². The highest BCUT2D eigenvalue weighted by molar-refractivity contribution is 6.33. The van der Waals surface area contributed by atoms with Gasteiger partial charge >= 0.3 is 0 Å². The summed E-state index contributed by atoms with van der Waals surface area (Å²) >= 11 is 5.87. The SMILES string of the molecule is COCC(CNC(=O)c1cc(O)ccc1Cl)OC. The molecule has 0 spiro atoms. The van der Waals surface area contributed by atoms with Gasteiger partial charge in [-0.25, -0.2) is 0 Å². The molecular weight excluding hydrogens is 258 g/mol. The highest BCUT2D eigenvalue weighted by Gasteiger charge is 2.13. The van der Waals surface area contributed by atoms with Crippen molar-refractivity contribution >= 4 is 17.5 Å². The van der Waals surface area contributed by atoms with Crippen molar-refractivity contribution in [1.82, 2.24) is 5.32 Å². The lowest BCUT2D eigenvalue weighted by Gasteiger charge is -2.15. The largest absolute Gasteiger partial charge is 0.508 e. The Labute approximate surface area is 111 Å². The molecule has 18 heavy (non-hydrogen) atoms. The number of carbonyl (C=O) groups excluding carboxylic acids is 1. The summed E-state index contributed by atoms with van der Waals surface area (Å²) in [6.45, 7) is 0.680. The van der Waals surface area contributed by atoms with E-state index in [-0.39, 0.29) is 28.3 Å². The topological polar surface area (TPSA) is 67.8 Å². The fourth-order valence-corrected chi connectivity index (χ4v) is 1.59. The third-order valence-electron chi connectivity index (χ3n) is 2.37. The number of carbonyl (C=O) groups is 1. The third kappa shape index (κ3) is 4.18. The Kier molecular flexibility index (Phi) is 5.91. The number of aromatic hydroxyl groups is 1. The minimum atomic E-state index is -0.367. The Morgan fingerprint density at radius 2 is 2.22 bits per heavy atom. The van der Waals surface area contributed by atoms with Crippen LogP contribution >= 0.6 is 11.6 Å². The molecule has 1 unspecified atom stereocenters. The van der Waals surface area contributed by atoms with E-state index in [0.717, 1.165) is 0 Å². The van der Waals surface area contributed by atoms with Gasteiger partial charge < -0.3 is 19.9 Å². The lowest BCUT2D eigenvalue weighted by atomic mass is 10.2. The molecule has 1 aromatic rings. The van der Waals surface area contributed by atoms with E-state index in [0.29, 0.717) is 13.2 Å². The molecule has 1 atom stereocenters. The van der Waals surface area contributed by atoms with Crippen molar-refractivity contribution in [3.05, 3.63) is 28.8 Å². The summed E-state index contributed by atoms with van der Waals surface area (Å²) in [5.41, 5.74) is 0.226. The number of benzene rings is 1. The van der Waals surface area contributed by atoms with E-state index in [1.54, 1.807) is 7.11 Å². The number of phenolic OH excluding ortho intramolecular Hbond substituents is 1. The van der Waals surface area contributed by atoms with Gasteiger partial charge in [0.1, 0.15) is 5.75 Å². The fraction of sp³-hybridized carbons (Fsp3) is 0.417. The van der Waals surface area contributed by atoms with E-state index in [4.69, 9.17) is 21.1 Å². The molecule has 1 rings (SSSR count). The Balaban J connectivity index is 2.62. The molecule has 0 saturated carbocycles. The number of phenols is 1. The molecule has 2 N–H and O–H groups in total. The van der Waals surface area contributed by atoms with Gasteiger partial charge in [0, 0.05) is 20.8 Å². The molecule has 1 amide bonds. The Morgan fingerprint density at radius 3 is 2.83 bits per heavy atom. The zero-order valence-corrected chi connectivity index (χ0v) is 11.0. The highest BCUT2D eigenvalue weighted by atomic mass is 35.5. The predicted molar refractivity (Wildman–Crippen MR) is 68.1 cm³/mol. The van der Waals surface area contributed by atoms with Gasteiger partial charge in [-0.15, -0.1) is 0 Å². The van der Waals surface area contributed by atoms with Crippen molar-refractivity contribution in [3.63, 3.8) is 0 Å². The molecule has 0 fully saturated rings. The highest BCUT2D eigenvalue weighted by Crippen LogP contribution is 2.20.